The van der Waals surface area contributed by atoms with Gasteiger partial charge in [-0.3, -0.25) is 9.89 Å². The first-order chi connectivity index (χ1) is 9.63. The predicted molar refractivity (Wildman–Crippen MR) is 103 cm³/mol. The Morgan fingerprint density at radius 1 is 1.14 bits per heavy atom. The summed E-state index contributed by atoms with van der Waals surface area (Å²) in [7, 11) is 5.83. The van der Waals surface area contributed by atoms with E-state index in [-0.39, 0.29) is 24.0 Å². The Hall–Kier alpha value is -0.820. The van der Waals surface area contributed by atoms with E-state index in [2.05, 4.69) is 59.4 Å². The highest BCUT2D eigenvalue weighted by Gasteiger charge is 2.18. The van der Waals surface area contributed by atoms with Crippen LogP contribution < -0.4 is 5.32 Å². The van der Waals surface area contributed by atoms with Crippen LogP contribution in [0, 0.1) is 0 Å². The van der Waals surface area contributed by atoms with Crippen molar-refractivity contribution in [3.8, 4) is 0 Å². The predicted octanol–water partition coefficient (Wildman–Crippen LogP) is 2.82. The van der Waals surface area contributed by atoms with Gasteiger partial charge in [0.15, 0.2) is 5.96 Å². The van der Waals surface area contributed by atoms with E-state index in [1.165, 1.54) is 5.56 Å². The molecule has 0 aromatic heterocycles. The normalized spacial score (nSPS) is 12.8. The standard InChI is InChI=1S/C16H28N4.HI/c1-6-20(7-2)15(14-11-9-8-10-12-14)13-18-16(17-3)19(4)5;/h8-12,15H,6-7,13H2,1-5H3,(H,17,18);1H. The van der Waals surface area contributed by atoms with E-state index >= 15 is 0 Å². The number of hydrogen-bond acceptors (Lipinski definition) is 2. The lowest BCUT2D eigenvalue weighted by Crippen LogP contribution is -2.42. The number of nitrogens with zero attached hydrogens (tertiary/aromatic N) is 3. The van der Waals surface area contributed by atoms with Crippen molar-refractivity contribution in [2.45, 2.75) is 19.9 Å². The Morgan fingerprint density at radius 2 is 1.71 bits per heavy atom. The van der Waals surface area contributed by atoms with E-state index in [4.69, 9.17) is 0 Å². The fourth-order valence-electron chi connectivity index (χ4n) is 2.42. The quantitative estimate of drug-likeness (QED) is 0.450. The summed E-state index contributed by atoms with van der Waals surface area (Å²) in [6.07, 6.45) is 0. The maximum absolute atomic E-state index is 4.28. The van der Waals surface area contributed by atoms with E-state index in [1.807, 2.05) is 26.0 Å². The van der Waals surface area contributed by atoms with Crippen molar-refractivity contribution < 1.29 is 0 Å². The lowest BCUT2D eigenvalue weighted by atomic mass is 10.1. The average Bonchev–Trinajstić information content (AvgIpc) is 2.47. The van der Waals surface area contributed by atoms with Crippen LogP contribution in [0.1, 0.15) is 25.5 Å². The molecule has 5 heteroatoms. The minimum atomic E-state index is 0. The van der Waals surface area contributed by atoms with Crippen LogP contribution in [0.15, 0.2) is 35.3 Å². The first kappa shape index (κ1) is 20.2. The van der Waals surface area contributed by atoms with Crippen LogP contribution >= 0.6 is 24.0 Å². The molecule has 4 nitrogen and oxygen atoms in total. The number of benzene rings is 1. The summed E-state index contributed by atoms with van der Waals surface area (Å²) in [6, 6.07) is 11.0. The lowest BCUT2D eigenvalue weighted by Gasteiger charge is -2.31. The Morgan fingerprint density at radius 3 is 2.14 bits per heavy atom. The van der Waals surface area contributed by atoms with E-state index in [0.717, 1.165) is 25.6 Å². The average molecular weight is 404 g/mol. The monoisotopic (exact) mass is 404 g/mol. The van der Waals surface area contributed by atoms with Gasteiger partial charge in [0.25, 0.3) is 0 Å². The molecule has 0 saturated heterocycles. The number of guanidine groups is 1. The molecule has 1 unspecified atom stereocenters. The number of nitrogens with one attached hydrogen (secondary N) is 1. The second-order valence-electron chi connectivity index (χ2n) is 4.97. The zero-order valence-electron chi connectivity index (χ0n) is 13.8. The van der Waals surface area contributed by atoms with Crippen molar-refractivity contribution in [2.75, 3.05) is 40.8 Å². The number of likely N-dealkylation sites (N-methyl/N-ethyl adjacent to an activating group) is 1. The van der Waals surface area contributed by atoms with Gasteiger partial charge in [-0.1, -0.05) is 44.2 Å². The van der Waals surface area contributed by atoms with Crippen molar-refractivity contribution in [3.63, 3.8) is 0 Å². The van der Waals surface area contributed by atoms with Crippen LogP contribution in [0.2, 0.25) is 0 Å². The molecule has 0 heterocycles. The molecule has 120 valence electrons. The van der Waals surface area contributed by atoms with E-state index in [1.54, 1.807) is 0 Å². The molecule has 0 fully saturated rings. The number of halogens is 1. The maximum Gasteiger partial charge on any atom is 0.193 e. The van der Waals surface area contributed by atoms with Crippen LogP contribution in [0.5, 0.6) is 0 Å². The highest BCUT2D eigenvalue weighted by atomic mass is 127. The van der Waals surface area contributed by atoms with Gasteiger partial charge in [0.2, 0.25) is 0 Å². The number of hydrogen-bond donors (Lipinski definition) is 1. The fourth-order valence-corrected chi connectivity index (χ4v) is 2.42. The van der Waals surface area contributed by atoms with Crippen molar-refractivity contribution >= 4 is 29.9 Å². The summed E-state index contributed by atoms with van der Waals surface area (Å²) >= 11 is 0. The molecule has 0 aliphatic heterocycles. The molecule has 0 bridgehead atoms. The molecule has 0 aliphatic carbocycles. The zero-order chi connectivity index (χ0) is 15.0. The molecule has 21 heavy (non-hydrogen) atoms. The largest absolute Gasteiger partial charge is 0.354 e. The number of aliphatic imine (C=N–C) groups is 1. The maximum atomic E-state index is 4.28. The van der Waals surface area contributed by atoms with Gasteiger partial charge in [0, 0.05) is 27.7 Å². The van der Waals surface area contributed by atoms with Crippen molar-refractivity contribution in [1.29, 1.82) is 0 Å². The molecule has 1 atom stereocenters. The Bertz CT molecular complexity index is 402. The van der Waals surface area contributed by atoms with Gasteiger partial charge in [0.1, 0.15) is 0 Å². The first-order valence-electron chi connectivity index (χ1n) is 7.30. The van der Waals surface area contributed by atoms with Gasteiger partial charge < -0.3 is 10.2 Å². The molecule has 1 rings (SSSR count). The highest BCUT2D eigenvalue weighted by molar-refractivity contribution is 14.0. The summed E-state index contributed by atoms with van der Waals surface area (Å²) in [6.45, 7) is 7.35. The molecule has 1 N–H and O–H groups in total. The Kier molecular flexibility index (Phi) is 10.4. The van der Waals surface area contributed by atoms with Gasteiger partial charge in [0.05, 0.1) is 6.04 Å². The second-order valence-corrected chi connectivity index (χ2v) is 4.97. The van der Waals surface area contributed by atoms with Gasteiger partial charge >= 0.3 is 0 Å². The summed E-state index contributed by atoms with van der Waals surface area (Å²) in [5, 5.41) is 3.45. The molecular weight excluding hydrogens is 375 g/mol. The van der Waals surface area contributed by atoms with Crippen molar-refractivity contribution in [2.24, 2.45) is 4.99 Å². The third-order valence-corrected chi connectivity index (χ3v) is 3.53. The second kappa shape index (κ2) is 10.8. The lowest BCUT2D eigenvalue weighted by molar-refractivity contribution is 0.218. The Balaban J connectivity index is 0.00000400. The van der Waals surface area contributed by atoms with Crippen LogP contribution in [-0.2, 0) is 0 Å². The third kappa shape index (κ3) is 6.22. The van der Waals surface area contributed by atoms with Gasteiger partial charge in [-0.2, -0.15) is 0 Å². The molecule has 0 aliphatic rings. The van der Waals surface area contributed by atoms with Gasteiger partial charge in [-0.05, 0) is 18.7 Å². The molecule has 1 aromatic carbocycles. The topological polar surface area (TPSA) is 30.9 Å². The fraction of sp³-hybridized carbons (Fsp3) is 0.562. The molecule has 0 amide bonds. The third-order valence-electron chi connectivity index (χ3n) is 3.53. The van der Waals surface area contributed by atoms with E-state index < -0.39 is 0 Å². The minimum absolute atomic E-state index is 0. The van der Waals surface area contributed by atoms with Crippen molar-refractivity contribution in [1.82, 2.24) is 15.1 Å². The first-order valence-corrected chi connectivity index (χ1v) is 7.30. The van der Waals surface area contributed by atoms with E-state index in [0.29, 0.717) is 6.04 Å². The molecule has 0 saturated carbocycles. The van der Waals surface area contributed by atoms with Crippen LogP contribution in [0.3, 0.4) is 0 Å². The molecule has 0 spiro atoms. The van der Waals surface area contributed by atoms with Crippen molar-refractivity contribution in [3.05, 3.63) is 35.9 Å². The van der Waals surface area contributed by atoms with Crippen LogP contribution in [0.4, 0.5) is 0 Å². The highest BCUT2D eigenvalue weighted by Crippen LogP contribution is 2.19. The summed E-state index contributed by atoms with van der Waals surface area (Å²) in [5.41, 5.74) is 1.35. The SMILES string of the molecule is CCN(CC)C(CNC(=NC)N(C)C)c1ccccc1.I. The van der Waals surface area contributed by atoms with E-state index in [9.17, 15) is 0 Å². The molecule has 1 aromatic rings. The summed E-state index contributed by atoms with van der Waals surface area (Å²) in [5.74, 6) is 0.915. The minimum Gasteiger partial charge on any atom is -0.354 e. The summed E-state index contributed by atoms with van der Waals surface area (Å²) < 4.78 is 0. The van der Waals surface area contributed by atoms with Crippen LogP contribution in [0.25, 0.3) is 0 Å². The van der Waals surface area contributed by atoms with Gasteiger partial charge in [-0.25, -0.2) is 0 Å². The van der Waals surface area contributed by atoms with Gasteiger partial charge in [-0.15, -0.1) is 24.0 Å². The smallest absolute Gasteiger partial charge is 0.193 e. The van der Waals surface area contributed by atoms with Crippen LogP contribution in [-0.4, -0.2) is 56.5 Å². The Labute approximate surface area is 146 Å². The summed E-state index contributed by atoms with van der Waals surface area (Å²) in [4.78, 5) is 8.74. The zero-order valence-corrected chi connectivity index (χ0v) is 16.2. The number of rotatable bonds is 6. The molecular formula is C16H29IN4. The molecule has 0 radical (unpaired) electrons.